The van der Waals surface area contributed by atoms with Crippen LogP contribution in [0.2, 0.25) is 0 Å². The van der Waals surface area contributed by atoms with E-state index in [4.69, 9.17) is 0 Å². The Hall–Kier alpha value is -2.62. The predicted octanol–water partition coefficient (Wildman–Crippen LogP) is 2.70. The summed E-state index contributed by atoms with van der Waals surface area (Å²) in [5, 5.41) is 23.2. The Morgan fingerprint density at radius 2 is 1.67 bits per heavy atom. The van der Waals surface area contributed by atoms with Crippen LogP contribution >= 0.6 is 0 Å². The van der Waals surface area contributed by atoms with Gasteiger partial charge in [0.2, 0.25) is 0 Å². The van der Waals surface area contributed by atoms with Crippen LogP contribution in [-0.4, -0.2) is 16.8 Å². The van der Waals surface area contributed by atoms with Gasteiger partial charge in [-0.05, 0) is 17.2 Å². The monoisotopic (exact) mass is 238 g/mol. The molecule has 0 radical (unpaired) electrons. The van der Waals surface area contributed by atoms with Gasteiger partial charge in [0.1, 0.15) is 0 Å². The largest absolute Gasteiger partial charge is 0.791 e. The van der Waals surface area contributed by atoms with Gasteiger partial charge in [-0.3, -0.25) is 0 Å². The maximum Gasteiger partial charge on any atom is 0.336 e. The first-order chi connectivity index (χ1) is 8.74. The van der Waals surface area contributed by atoms with Gasteiger partial charge in [0.05, 0.1) is 11.3 Å². The summed E-state index contributed by atoms with van der Waals surface area (Å²) in [6.45, 7) is 0. The minimum absolute atomic E-state index is 0.110. The molecular formula is C14H8NO3-. The number of carboxylic acids is 1. The van der Waals surface area contributed by atoms with Crippen LogP contribution in [-0.2, 0) is 0 Å². The van der Waals surface area contributed by atoms with E-state index in [-0.39, 0.29) is 11.3 Å². The van der Waals surface area contributed by atoms with E-state index in [1.54, 1.807) is 24.3 Å². The minimum atomic E-state index is -1.05. The minimum Gasteiger partial charge on any atom is -0.791 e. The summed E-state index contributed by atoms with van der Waals surface area (Å²) in [6.07, 6.45) is 0. The molecule has 88 valence electrons. The molecule has 0 aromatic heterocycles. The van der Waals surface area contributed by atoms with Gasteiger partial charge in [0, 0.05) is 11.1 Å². The predicted molar refractivity (Wildman–Crippen MR) is 67.8 cm³/mol. The van der Waals surface area contributed by atoms with Crippen LogP contribution < -0.4 is 0 Å². The van der Waals surface area contributed by atoms with Crippen molar-refractivity contribution in [3.8, 4) is 11.1 Å². The maximum absolute atomic E-state index is 11.2. The first kappa shape index (κ1) is 10.5. The number of fused-ring (bicyclic) bond motifs is 3. The molecule has 0 unspecified atom stereocenters. The first-order valence-electron chi connectivity index (χ1n) is 5.41. The topological polar surface area (TPSA) is 72.7 Å². The van der Waals surface area contributed by atoms with E-state index in [2.05, 4.69) is 5.16 Å². The van der Waals surface area contributed by atoms with Gasteiger partial charge in [-0.25, -0.2) is 4.79 Å². The summed E-state index contributed by atoms with van der Waals surface area (Å²) >= 11 is 0. The van der Waals surface area contributed by atoms with E-state index >= 15 is 0 Å². The summed E-state index contributed by atoms with van der Waals surface area (Å²) < 4.78 is 0. The number of benzene rings is 2. The molecule has 18 heavy (non-hydrogen) atoms. The molecule has 1 aliphatic rings. The quantitative estimate of drug-likeness (QED) is 0.662. The molecule has 1 aliphatic carbocycles. The highest BCUT2D eigenvalue weighted by atomic mass is 16.4. The molecule has 0 spiro atoms. The molecule has 4 nitrogen and oxygen atoms in total. The fraction of sp³-hybridized carbons (Fsp3) is 0. The molecule has 0 heterocycles. The third-order valence-electron chi connectivity index (χ3n) is 3.10. The summed E-state index contributed by atoms with van der Waals surface area (Å²) in [7, 11) is 0. The van der Waals surface area contributed by atoms with Crippen LogP contribution in [0.25, 0.3) is 11.1 Å². The maximum atomic E-state index is 11.2. The third-order valence-corrected chi connectivity index (χ3v) is 3.10. The van der Waals surface area contributed by atoms with Gasteiger partial charge in [0.15, 0.2) is 0 Å². The molecule has 2 aromatic carbocycles. The van der Waals surface area contributed by atoms with Crippen LogP contribution in [0.3, 0.4) is 0 Å². The number of aromatic carboxylic acids is 1. The molecule has 0 atom stereocenters. The molecule has 0 amide bonds. The molecule has 0 saturated carbocycles. The van der Waals surface area contributed by atoms with Crippen molar-refractivity contribution in [3.63, 3.8) is 0 Å². The lowest BCUT2D eigenvalue weighted by Crippen LogP contribution is -2.07. The summed E-state index contributed by atoms with van der Waals surface area (Å²) in [5.74, 6) is -1.05. The van der Waals surface area contributed by atoms with Crippen LogP contribution in [0.5, 0.6) is 0 Å². The lowest BCUT2D eigenvalue weighted by atomic mass is 10.0. The average Bonchev–Trinajstić information content (AvgIpc) is 2.72. The SMILES string of the molecule is O=C(O)c1cccc2c1/C(=N\[O-])c1ccccc1-2. The molecule has 3 rings (SSSR count). The van der Waals surface area contributed by atoms with Crippen molar-refractivity contribution in [2.45, 2.75) is 0 Å². The van der Waals surface area contributed by atoms with E-state index in [0.717, 1.165) is 11.1 Å². The second-order valence-corrected chi connectivity index (χ2v) is 4.02. The molecule has 0 aliphatic heterocycles. The second kappa shape index (κ2) is 3.70. The smallest absolute Gasteiger partial charge is 0.336 e. The first-order valence-corrected chi connectivity index (χ1v) is 5.41. The Labute approximate surface area is 103 Å². The van der Waals surface area contributed by atoms with E-state index in [1.165, 1.54) is 6.07 Å². The number of carbonyl (C=O) groups is 1. The third kappa shape index (κ3) is 1.26. The average molecular weight is 238 g/mol. The zero-order valence-corrected chi connectivity index (χ0v) is 9.25. The van der Waals surface area contributed by atoms with Gasteiger partial charge in [-0.1, -0.05) is 36.4 Å². The normalized spacial score (nSPS) is 14.3. The van der Waals surface area contributed by atoms with Crippen molar-refractivity contribution in [2.75, 3.05) is 0 Å². The Bertz CT molecular complexity index is 689. The molecule has 4 heteroatoms. The lowest BCUT2D eigenvalue weighted by Gasteiger charge is -2.07. The van der Waals surface area contributed by atoms with Crippen LogP contribution in [0.15, 0.2) is 47.6 Å². The van der Waals surface area contributed by atoms with Crippen molar-refractivity contribution in [1.29, 1.82) is 0 Å². The van der Waals surface area contributed by atoms with Gasteiger partial charge in [0.25, 0.3) is 0 Å². The van der Waals surface area contributed by atoms with Crippen LogP contribution in [0, 0.1) is 5.21 Å². The fourth-order valence-corrected chi connectivity index (χ4v) is 2.36. The van der Waals surface area contributed by atoms with E-state index in [9.17, 15) is 15.1 Å². The molecular weight excluding hydrogens is 230 g/mol. The van der Waals surface area contributed by atoms with Gasteiger partial charge < -0.3 is 15.5 Å². The van der Waals surface area contributed by atoms with Crippen molar-refractivity contribution >= 4 is 11.7 Å². The summed E-state index contributed by atoms with van der Waals surface area (Å²) in [5.41, 5.74) is 3.03. The van der Waals surface area contributed by atoms with E-state index in [1.807, 2.05) is 12.1 Å². The Morgan fingerprint density at radius 1 is 1.00 bits per heavy atom. The Kier molecular flexibility index (Phi) is 2.16. The van der Waals surface area contributed by atoms with Crippen LogP contribution in [0.1, 0.15) is 21.5 Å². The summed E-state index contributed by atoms with van der Waals surface area (Å²) in [4.78, 5) is 11.2. The zero-order chi connectivity index (χ0) is 12.7. The number of hydrogen-bond acceptors (Lipinski definition) is 3. The van der Waals surface area contributed by atoms with Gasteiger partial charge >= 0.3 is 5.97 Å². The Balaban J connectivity index is 2.41. The standard InChI is InChI=1S/C14H9NO3/c16-14(17)11-7-3-6-9-8-4-1-2-5-10(8)13(15-18)12(9)11/h1-7,18H,(H,16,17)/p-1/b15-13-. The Morgan fingerprint density at radius 3 is 2.33 bits per heavy atom. The van der Waals surface area contributed by atoms with Crippen LogP contribution in [0.4, 0.5) is 0 Å². The molecule has 0 saturated heterocycles. The second-order valence-electron chi connectivity index (χ2n) is 4.02. The molecule has 1 N–H and O–H groups in total. The lowest BCUT2D eigenvalue weighted by molar-refractivity contribution is 0.0697. The zero-order valence-electron chi connectivity index (χ0n) is 9.25. The van der Waals surface area contributed by atoms with Crippen molar-refractivity contribution in [3.05, 3.63) is 64.4 Å². The molecule has 2 aromatic rings. The van der Waals surface area contributed by atoms with Gasteiger partial charge in [-0.15, -0.1) is 0 Å². The molecule has 0 fully saturated rings. The highest BCUT2D eigenvalue weighted by Gasteiger charge is 2.27. The van der Waals surface area contributed by atoms with Crippen molar-refractivity contribution in [2.24, 2.45) is 5.16 Å². The number of nitrogens with zero attached hydrogens (tertiary/aromatic N) is 1. The van der Waals surface area contributed by atoms with Gasteiger partial charge in [-0.2, -0.15) is 0 Å². The number of hydrogen-bond donors (Lipinski definition) is 1. The van der Waals surface area contributed by atoms with Crippen molar-refractivity contribution in [1.82, 2.24) is 0 Å². The fourth-order valence-electron chi connectivity index (χ4n) is 2.36. The number of rotatable bonds is 1. The van der Waals surface area contributed by atoms with E-state index < -0.39 is 5.97 Å². The van der Waals surface area contributed by atoms with E-state index in [0.29, 0.717) is 11.1 Å². The molecule has 0 bridgehead atoms. The highest BCUT2D eigenvalue weighted by Crippen LogP contribution is 2.38. The number of carboxylic acid groups (broad SMARTS) is 1. The van der Waals surface area contributed by atoms with Crippen molar-refractivity contribution < 1.29 is 9.90 Å². The highest BCUT2D eigenvalue weighted by molar-refractivity contribution is 6.27. The summed E-state index contributed by atoms with van der Waals surface area (Å²) in [6, 6.07) is 12.2.